The number of hydrogen-bond acceptors (Lipinski definition) is 5. The number of sulfonamides is 1. The van der Waals surface area contributed by atoms with Crippen LogP contribution in [-0.4, -0.2) is 39.3 Å². The number of hydrogen-bond donors (Lipinski definition) is 2. The summed E-state index contributed by atoms with van der Waals surface area (Å²) in [6, 6.07) is 15.9. The van der Waals surface area contributed by atoms with Gasteiger partial charge in [-0.15, -0.1) is 0 Å². The highest BCUT2D eigenvalue weighted by atomic mass is 35.5. The molecule has 0 radical (unpaired) electrons. The van der Waals surface area contributed by atoms with Gasteiger partial charge in [-0.05, 0) is 60.7 Å². The first-order chi connectivity index (χ1) is 16.2. The molecule has 4 rings (SSSR count). The van der Waals surface area contributed by atoms with Gasteiger partial charge in [-0.2, -0.15) is 0 Å². The number of rotatable bonds is 5. The number of nitrogens with one attached hydrogen (secondary N) is 2. The molecule has 3 aromatic carbocycles. The van der Waals surface area contributed by atoms with Crippen LogP contribution in [0.2, 0.25) is 5.02 Å². The van der Waals surface area contributed by atoms with Gasteiger partial charge >= 0.3 is 0 Å². The van der Waals surface area contributed by atoms with Crippen LogP contribution in [-0.2, 0) is 14.8 Å². The summed E-state index contributed by atoms with van der Waals surface area (Å²) < 4.78 is 43.9. The molecular formula is C23H19ClFN3O5S. The Balaban J connectivity index is 1.46. The van der Waals surface area contributed by atoms with Gasteiger partial charge in [0.15, 0.2) is 5.94 Å². The Morgan fingerprint density at radius 1 is 0.941 bits per heavy atom. The maximum absolute atomic E-state index is 13.4. The van der Waals surface area contributed by atoms with E-state index in [1.165, 1.54) is 46.8 Å². The summed E-state index contributed by atoms with van der Waals surface area (Å²) in [5, 5.41) is 5.53. The third kappa shape index (κ3) is 5.36. The number of nitrogens with zero attached hydrogens (tertiary/aromatic N) is 1. The van der Waals surface area contributed by atoms with Gasteiger partial charge in [0.1, 0.15) is 5.82 Å². The van der Waals surface area contributed by atoms with Gasteiger partial charge in [0.25, 0.3) is 21.8 Å². The lowest BCUT2D eigenvalue weighted by Crippen LogP contribution is -2.41. The standard InChI is InChI=1S/C23H19ClFN3O5S/c24-20-9-6-18(13-21(20)27-23(30)16-2-1-3-17(25)12-16)26-22(29)15-4-7-19(8-5-15)28-10-11-33-14-34(28,31)32/h1-9,12-13H,10-11,14H2,(H,26,29)(H,27,30). The predicted octanol–water partition coefficient (Wildman–Crippen LogP) is 4.11. The average Bonchev–Trinajstić information content (AvgIpc) is 2.81. The normalized spacial score (nSPS) is 14.9. The molecule has 1 aliphatic heterocycles. The molecule has 0 aliphatic carbocycles. The Kier molecular flexibility index (Phi) is 6.82. The quantitative estimate of drug-likeness (QED) is 0.545. The zero-order valence-electron chi connectivity index (χ0n) is 17.6. The van der Waals surface area contributed by atoms with Gasteiger partial charge in [0, 0.05) is 16.8 Å². The Morgan fingerprint density at radius 2 is 1.68 bits per heavy atom. The number of carbonyl (C=O) groups excluding carboxylic acids is 2. The maximum Gasteiger partial charge on any atom is 0.259 e. The average molecular weight is 504 g/mol. The largest absolute Gasteiger partial charge is 0.362 e. The van der Waals surface area contributed by atoms with Crippen molar-refractivity contribution in [2.24, 2.45) is 0 Å². The van der Waals surface area contributed by atoms with Crippen molar-refractivity contribution in [3.63, 3.8) is 0 Å². The van der Waals surface area contributed by atoms with Crippen molar-refractivity contribution < 1.29 is 27.1 Å². The topological polar surface area (TPSA) is 105 Å². The molecule has 0 atom stereocenters. The third-order valence-corrected chi connectivity index (χ3v) is 6.84. The van der Waals surface area contributed by atoms with Crippen LogP contribution in [0, 0.1) is 5.82 Å². The van der Waals surface area contributed by atoms with Crippen LogP contribution in [0.3, 0.4) is 0 Å². The Labute approximate surface area is 200 Å². The van der Waals surface area contributed by atoms with E-state index in [1.54, 1.807) is 18.2 Å². The van der Waals surface area contributed by atoms with E-state index in [4.69, 9.17) is 16.3 Å². The predicted molar refractivity (Wildman–Crippen MR) is 127 cm³/mol. The third-order valence-electron chi connectivity index (χ3n) is 4.98. The molecule has 0 bridgehead atoms. The van der Waals surface area contributed by atoms with Crippen molar-refractivity contribution >= 4 is 50.5 Å². The van der Waals surface area contributed by atoms with E-state index in [0.717, 1.165) is 6.07 Å². The lowest BCUT2D eigenvalue weighted by Gasteiger charge is -2.28. The minimum atomic E-state index is -3.56. The summed E-state index contributed by atoms with van der Waals surface area (Å²) in [6.45, 7) is 0.485. The molecule has 2 N–H and O–H groups in total. The monoisotopic (exact) mass is 503 g/mol. The van der Waals surface area contributed by atoms with Crippen LogP contribution in [0.4, 0.5) is 21.5 Å². The van der Waals surface area contributed by atoms with Crippen molar-refractivity contribution in [3.8, 4) is 0 Å². The van der Waals surface area contributed by atoms with E-state index in [9.17, 15) is 22.4 Å². The van der Waals surface area contributed by atoms with E-state index in [2.05, 4.69) is 10.6 Å². The van der Waals surface area contributed by atoms with Crippen LogP contribution < -0.4 is 14.9 Å². The van der Waals surface area contributed by atoms with Crippen molar-refractivity contribution in [3.05, 3.63) is 88.7 Å². The minimum Gasteiger partial charge on any atom is -0.362 e. The molecular weight excluding hydrogens is 485 g/mol. The Hall–Kier alpha value is -3.47. The number of anilines is 3. The summed E-state index contributed by atoms with van der Waals surface area (Å²) in [7, 11) is -3.56. The first-order valence-electron chi connectivity index (χ1n) is 10.1. The lowest BCUT2D eigenvalue weighted by atomic mass is 10.1. The second-order valence-electron chi connectivity index (χ2n) is 7.37. The molecule has 0 saturated carbocycles. The number of halogens is 2. The number of benzene rings is 3. The van der Waals surface area contributed by atoms with E-state index >= 15 is 0 Å². The first kappa shape index (κ1) is 23.7. The molecule has 0 unspecified atom stereocenters. The molecule has 0 spiro atoms. The Morgan fingerprint density at radius 3 is 2.38 bits per heavy atom. The molecule has 8 nitrogen and oxygen atoms in total. The number of carbonyl (C=O) groups is 2. The second-order valence-corrected chi connectivity index (χ2v) is 9.62. The minimum absolute atomic E-state index is 0.118. The molecule has 1 fully saturated rings. The fourth-order valence-corrected chi connectivity index (χ4v) is 4.73. The number of amides is 2. The van der Waals surface area contributed by atoms with Crippen LogP contribution in [0.5, 0.6) is 0 Å². The fraction of sp³-hybridized carbons (Fsp3) is 0.130. The van der Waals surface area contributed by atoms with E-state index in [1.807, 2.05) is 0 Å². The molecule has 3 aromatic rings. The summed E-state index contributed by atoms with van der Waals surface area (Å²) in [4.78, 5) is 25.1. The zero-order valence-corrected chi connectivity index (χ0v) is 19.2. The highest BCUT2D eigenvalue weighted by molar-refractivity contribution is 7.92. The van der Waals surface area contributed by atoms with Gasteiger partial charge in [-0.1, -0.05) is 17.7 Å². The summed E-state index contributed by atoms with van der Waals surface area (Å²) >= 11 is 6.16. The smallest absolute Gasteiger partial charge is 0.259 e. The number of ether oxygens (including phenoxy) is 1. The van der Waals surface area contributed by atoms with Crippen LogP contribution in [0.15, 0.2) is 66.7 Å². The van der Waals surface area contributed by atoms with Crippen LogP contribution >= 0.6 is 11.6 Å². The van der Waals surface area contributed by atoms with Crippen LogP contribution in [0.25, 0.3) is 0 Å². The molecule has 11 heteroatoms. The molecule has 1 aliphatic rings. The molecule has 34 heavy (non-hydrogen) atoms. The molecule has 1 saturated heterocycles. The molecule has 2 amide bonds. The first-order valence-corrected chi connectivity index (χ1v) is 12.1. The second kappa shape index (κ2) is 9.80. The van der Waals surface area contributed by atoms with E-state index in [-0.39, 0.29) is 35.4 Å². The highest BCUT2D eigenvalue weighted by Gasteiger charge is 2.26. The Bertz CT molecular complexity index is 1350. The van der Waals surface area contributed by atoms with Gasteiger partial charge in [0.2, 0.25) is 0 Å². The SMILES string of the molecule is O=C(Nc1ccc(Cl)c(NC(=O)c2cccc(F)c2)c1)c1ccc(N2CCOCS2(=O)=O)cc1. The summed E-state index contributed by atoms with van der Waals surface area (Å²) in [5.74, 6) is -1.93. The highest BCUT2D eigenvalue weighted by Crippen LogP contribution is 2.27. The summed E-state index contributed by atoms with van der Waals surface area (Å²) in [5.41, 5.74) is 1.46. The summed E-state index contributed by atoms with van der Waals surface area (Å²) in [6.07, 6.45) is 0. The van der Waals surface area contributed by atoms with Gasteiger partial charge < -0.3 is 15.4 Å². The zero-order chi connectivity index (χ0) is 24.3. The van der Waals surface area contributed by atoms with Crippen molar-refractivity contribution in [1.82, 2.24) is 0 Å². The fourth-order valence-electron chi connectivity index (χ4n) is 3.31. The van der Waals surface area contributed by atoms with Crippen molar-refractivity contribution in [2.75, 3.05) is 34.0 Å². The van der Waals surface area contributed by atoms with Gasteiger partial charge in [0.05, 0.1) is 29.5 Å². The van der Waals surface area contributed by atoms with Crippen LogP contribution in [0.1, 0.15) is 20.7 Å². The molecule has 176 valence electrons. The van der Waals surface area contributed by atoms with Gasteiger partial charge in [-0.25, -0.2) is 12.8 Å². The van der Waals surface area contributed by atoms with Crippen molar-refractivity contribution in [1.29, 1.82) is 0 Å². The van der Waals surface area contributed by atoms with Gasteiger partial charge in [-0.3, -0.25) is 13.9 Å². The molecule has 0 aromatic heterocycles. The maximum atomic E-state index is 13.4. The lowest BCUT2D eigenvalue weighted by molar-refractivity contribution is 0.101. The molecule has 1 heterocycles. The van der Waals surface area contributed by atoms with Crippen molar-refractivity contribution in [2.45, 2.75) is 0 Å². The van der Waals surface area contributed by atoms with E-state index < -0.39 is 27.7 Å². The van der Waals surface area contributed by atoms with E-state index in [0.29, 0.717) is 16.9 Å².